The van der Waals surface area contributed by atoms with Gasteiger partial charge < -0.3 is 9.64 Å². The van der Waals surface area contributed by atoms with Gasteiger partial charge in [-0.05, 0) is 41.8 Å². The van der Waals surface area contributed by atoms with Gasteiger partial charge in [0.15, 0.2) is 11.0 Å². The lowest BCUT2D eigenvalue weighted by Crippen LogP contribution is -2.43. The molecule has 6 nitrogen and oxygen atoms in total. The van der Waals surface area contributed by atoms with Gasteiger partial charge in [-0.25, -0.2) is 0 Å². The highest BCUT2D eigenvalue weighted by Crippen LogP contribution is 2.34. The van der Waals surface area contributed by atoms with E-state index in [0.717, 1.165) is 35.2 Å². The van der Waals surface area contributed by atoms with Crippen molar-refractivity contribution in [2.24, 2.45) is 11.8 Å². The van der Waals surface area contributed by atoms with Gasteiger partial charge in [-0.3, -0.25) is 9.36 Å². The molecule has 8 heteroatoms. The van der Waals surface area contributed by atoms with Crippen LogP contribution < -0.4 is 4.74 Å². The zero-order valence-corrected chi connectivity index (χ0v) is 19.1. The summed E-state index contributed by atoms with van der Waals surface area (Å²) in [6, 6.07) is 11.8. The van der Waals surface area contributed by atoms with E-state index in [-0.39, 0.29) is 5.91 Å². The number of carbonyl (C=O) groups is 1. The van der Waals surface area contributed by atoms with Crippen LogP contribution in [0.4, 0.5) is 0 Å². The minimum absolute atomic E-state index is 0.158. The molecular formula is C22H26N4O2S2. The second kappa shape index (κ2) is 9.22. The highest BCUT2D eigenvalue weighted by Gasteiger charge is 2.26. The van der Waals surface area contributed by atoms with Crippen molar-refractivity contribution in [2.75, 3.05) is 26.0 Å². The number of aromatic nitrogens is 3. The van der Waals surface area contributed by atoms with Crippen LogP contribution in [0.15, 0.2) is 46.9 Å². The number of amides is 1. The highest BCUT2D eigenvalue weighted by atomic mass is 32.2. The first-order valence-electron chi connectivity index (χ1n) is 10.1. The molecule has 1 aliphatic heterocycles. The van der Waals surface area contributed by atoms with Gasteiger partial charge in [0.05, 0.1) is 23.4 Å². The summed E-state index contributed by atoms with van der Waals surface area (Å²) >= 11 is 3.04. The molecule has 1 aliphatic rings. The SMILES string of the molecule is COc1ccccc1-n1c(SCC(=O)N2CC(C)CC(C)C2)nnc1-c1cccs1. The molecule has 158 valence electrons. The molecule has 2 unspecified atom stereocenters. The van der Waals surface area contributed by atoms with Crippen LogP contribution in [0.2, 0.25) is 0 Å². The van der Waals surface area contributed by atoms with Gasteiger partial charge in [-0.1, -0.05) is 43.8 Å². The predicted molar refractivity (Wildman–Crippen MR) is 121 cm³/mol. The number of ether oxygens (including phenoxy) is 1. The van der Waals surface area contributed by atoms with Crippen molar-refractivity contribution < 1.29 is 9.53 Å². The van der Waals surface area contributed by atoms with Crippen LogP contribution in [0.3, 0.4) is 0 Å². The average Bonchev–Trinajstić information content (AvgIpc) is 3.40. The first-order chi connectivity index (χ1) is 14.6. The fourth-order valence-electron chi connectivity index (χ4n) is 4.04. The summed E-state index contributed by atoms with van der Waals surface area (Å²) in [4.78, 5) is 15.9. The van der Waals surface area contributed by atoms with Crippen LogP contribution in [0.1, 0.15) is 20.3 Å². The van der Waals surface area contributed by atoms with Crippen molar-refractivity contribution in [3.63, 3.8) is 0 Å². The van der Waals surface area contributed by atoms with Crippen LogP contribution in [0.25, 0.3) is 16.4 Å². The quantitative estimate of drug-likeness (QED) is 0.522. The number of benzene rings is 1. The number of hydrogen-bond acceptors (Lipinski definition) is 6. The molecule has 0 saturated carbocycles. The Kier molecular flexibility index (Phi) is 6.43. The number of thioether (sulfide) groups is 1. The Morgan fingerprint density at radius 1 is 1.17 bits per heavy atom. The van der Waals surface area contributed by atoms with Gasteiger partial charge in [-0.2, -0.15) is 0 Å². The lowest BCUT2D eigenvalue weighted by atomic mass is 9.92. The summed E-state index contributed by atoms with van der Waals surface area (Å²) in [5.74, 6) is 3.09. The summed E-state index contributed by atoms with van der Waals surface area (Å²) in [6.45, 7) is 6.11. The molecule has 1 aromatic carbocycles. The molecule has 4 rings (SSSR count). The monoisotopic (exact) mass is 442 g/mol. The fraction of sp³-hybridized carbons (Fsp3) is 0.409. The normalized spacial score (nSPS) is 19.1. The molecule has 0 radical (unpaired) electrons. The minimum atomic E-state index is 0.158. The largest absolute Gasteiger partial charge is 0.495 e. The van der Waals surface area contributed by atoms with Crippen LogP contribution >= 0.6 is 23.1 Å². The van der Waals surface area contributed by atoms with Gasteiger partial charge >= 0.3 is 0 Å². The van der Waals surface area contributed by atoms with E-state index in [1.54, 1.807) is 18.4 Å². The number of methoxy groups -OCH3 is 1. The van der Waals surface area contributed by atoms with E-state index >= 15 is 0 Å². The van der Waals surface area contributed by atoms with Crippen molar-refractivity contribution in [3.05, 3.63) is 41.8 Å². The number of nitrogens with zero attached hydrogens (tertiary/aromatic N) is 4. The Morgan fingerprint density at radius 2 is 1.93 bits per heavy atom. The van der Waals surface area contributed by atoms with E-state index in [4.69, 9.17) is 4.74 Å². The van der Waals surface area contributed by atoms with E-state index in [0.29, 0.717) is 22.7 Å². The van der Waals surface area contributed by atoms with Crippen LogP contribution in [-0.4, -0.2) is 51.5 Å². The molecule has 30 heavy (non-hydrogen) atoms. The summed E-state index contributed by atoms with van der Waals surface area (Å²) < 4.78 is 7.57. The molecule has 2 atom stereocenters. The van der Waals surface area contributed by atoms with Gasteiger partial charge in [0.25, 0.3) is 0 Å². The second-order valence-electron chi connectivity index (χ2n) is 7.82. The zero-order valence-electron chi connectivity index (χ0n) is 17.4. The average molecular weight is 443 g/mol. The third kappa shape index (κ3) is 4.39. The maximum absolute atomic E-state index is 12.9. The van der Waals surface area contributed by atoms with E-state index in [1.807, 2.05) is 51.2 Å². The third-order valence-electron chi connectivity index (χ3n) is 5.25. The summed E-state index contributed by atoms with van der Waals surface area (Å²) in [6.07, 6.45) is 1.18. The van der Waals surface area contributed by atoms with E-state index < -0.39 is 0 Å². The number of rotatable bonds is 6. The lowest BCUT2D eigenvalue weighted by molar-refractivity contribution is -0.130. The molecule has 2 aromatic heterocycles. The maximum Gasteiger partial charge on any atom is 0.233 e. The highest BCUT2D eigenvalue weighted by molar-refractivity contribution is 7.99. The van der Waals surface area contributed by atoms with Gasteiger partial charge in [0.2, 0.25) is 5.91 Å². The van der Waals surface area contributed by atoms with Crippen molar-refractivity contribution >= 4 is 29.0 Å². The Balaban J connectivity index is 1.61. The second-order valence-corrected chi connectivity index (χ2v) is 9.71. The number of piperidine rings is 1. The number of para-hydroxylation sites is 2. The Morgan fingerprint density at radius 3 is 2.63 bits per heavy atom. The predicted octanol–water partition coefficient (Wildman–Crippen LogP) is 4.60. The van der Waals surface area contributed by atoms with E-state index in [1.165, 1.54) is 18.2 Å². The molecule has 0 spiro atoms. The minimum Gasteiger partial charge on any atom is -0.495 e. The number of thiophene rings is 1. The standard InChI is InChI=1S/C22H26N4O2S2/c1-15-11-16(2)13-25(12-15)20(27)14-30-22-24-23-21(19-9-6-10-29-19)26(22)17-7-4-5-8-18(17)28-3/h4-10,15-16H,11-14H2,1-3H3. The third-order valence-corrected chi connectivity index (χ3v) is 7.03. The van der Waals surface area contributed by atoms with Crippen LogP contribution in [-0.2, 0) is 4.79 Å². The molecular weight excluding hydrogens is 416 g/mol. The lowest BCUT2D eigenvalue weighted by Gasteiger charge is -2.35. The molecule has 0 N–H and O–H groups in total. The van der Waals surface area contributed by atoms with Gasteiger partial charge in [0.1, 0.15) is 5.75 Å². The maximum atomic E-state index is 12.9. The Hall–Kier alpha value is -2.32. The van der Waals surface area contributed by atoms with Crippen molar-refractivity contribution in [1.82, 2.24) is 19.7 Å². The summed E-state index contributed by atoms with van der Waals surface area (Å²) in [5.41, 5.74) is 0.864. The Bertz CT molecular complexity index is 992. The van der Waals surface area contributed by atoms with E-state index in [2.05, 4.69) is 24.0 Å². The van der Waals surface area contributed by atoms with Crippen molar-refractivity contribution in [2.45, 2.75) is 25.4 Å². The summed E-state index contributed by atoms with van der Waals surface area (Å²) in [5, 5.41) is 11.6. The first-order valence-corrected chi connectivity index (χ1v) is 12.0. The topological polar surface area (TPSA) is 60.2 Å². The smallest absolute Gasteiger partial charge is 0.233 e. The molecule has 3 heterocycles. The fourth-order valence-corrected chi connectivity index (χ4v) is 5.59. The molecule has 1 saturated heterocycles. The number of hydrogen-bond donors (Lipinski definition) is 0. The molecule has 0 bridgehead atoms. The Labute approximate surface area is 185 Å². The van der Waals surface area contributed by atoms with Crippen molar-refractivity contribution in [3.8, 4) is 22.1 Å². The number of likely N-dealkylation sites (tertiary alicyclic amines) is 1. The van der Waals surface area contributed by atoms with Gasteiger partial charge in [-0.15, -0.1) is 21.5 Å². The van der Waals surface area contributed by atoms with Crippen LogP contribution in [0.5, 0.6) is 5.75 Å². The van der Waals surface area contributed by atoms with Crippen molar-refractivity contribution in [1.29, 1.82) is 0 Å². The number of carbonyl (C=O) groups excluding carboxylic acids is 1. The summed E-state index contributed by atoms with van der Waals surface area (Å²) in [7, 11) is 1.66. The molecule has 0 aliphatic carbocycles. The first kappa shape index (κ1) is 20.9. The zero-order chi connectivity index (χ0) is 21.1. The molecule has 3 aromatic rings. The van der Waals surface area contributed by atoms with Gasteiger partial charge in [0, 0.05) is 13.1 Å². The molecule has 1 fully saturated rings. The van der Waals surface area contributed by atoms with Crippen LogP contribution in [0, 0.1) is 11.8 Å². The van der Waals surface area contributed by atoms with E-state index in [9.17, 15) is 4.79 Å². The molecule has 1 amide bonds.